The first kappa shape index (κ1) is 29.9. The smallest absolute Gasteiger partial charge is 0.421 e. The number of aliphatic hydroxyl groups is 1. The molecule has 4 fully saturated rings. The van der Waals surface area contributed by atoms with Crippen LogP contribution in [0.1, 0.15) is 58.4 Å². The van der Waals surface area contributed by atoms with E-state index in [1.807, 2.05) is 0 Å². The molecule has 1 amide bonds. The molecule has 2 bridgehead atoms. The van der Waals surface area contributed by atoms with Crippen molar-refractivity contribution in [1.29, 1.82) is 0 Å². The summed E-state index contributed by atoms with van der Waals surface area (Å²) in [5, 5.41) is 14.2. The molecule has 2 heterocycles. The van der Waals surface area contributed by atoms with Gasteiger partial charge in [-0.1, -0.05) is 50.6 Å². The molecule has 3 aliphatic carbocycles. The first-order valence-corrected chi connectivity index (χ1v) is 15.2. The van der Waals surface area contributed by atoms with E-state index in [1.165, 1.54) is 25.1 Å². The highest BCUT2D eigenvalue weighted by atomic mass is 19.4. The highest BCUT2D eigenvalue weighted by molar-refractivity contribution is 5.99. The van der Waals surface area contributed by atoms with Crippen molar-refractivity contribution in [3.63, 3.8) is 0 Å². The number of piperidine rings is 1. The van der Waals surface area contributed by atoms with Gasteiger partial charge in [0.05, 0.1) is 32.3 Å². The Morgan fingerprint density at radius 1 is 1.23 bits per heavy atom. The third kappa shape index (κ3) is 4.63. The average molecular weight is 602 g/mol. The number of quaternary nitrogens is 1. The summed E-state index contributed by atoms with van der Waals surface area (Å²) in [4.78, 5) is 25.9. The molecule has 10 heteroatoms. The quantitative estimate of drug-likeness (QED) is 0.245. The van der Waals surface area contributed by atoms with Crippen LogP contribution in [0.25, 0.3) is 6.08 Å². The number of aliphatic hydroxyl groups excluding tert-OH is 1. The lowest BCUT2D eigenvalue weighted by molar-refractivity contribution is -0.949. The van der Waals surface area contributed by atoms with Crippen LogP contribution in [-0.2, 0) is 19.1 Å². The van der Waals surface area contributed by atoms with Crippen LogP contribution in [0, 0.1) is 23.2 Å². The monoisotopic (exact) mass is 601 g/mol. The van der Waals surface area contributed by atoms with Gasteiger partial charge in [-0.05, 0) is 30.1 Å². The summed E-state index contributed by atoms with van der Waals surface area (Å²) >= 11 is 0. The second kappa shape index (κ2) is 10.2. The predicted molar refractivity (Wildman–Crippen MR) is 153 cm³/mol. The van der Waals surface area contributed by atoms with Gasteiger partial charge in [0.1, 0.15) is 17.1 Å². The van der Waals surface area contributed by atoms with E-state index in [4.69, 9.17) is 9.47 Å². The Hall–Kier alpha value is -3.11. The number of alkyl halides is 3. The van der Waals surface area contributed by atoms with Crippen molar-refractivity contribution in [1.82, 2.24) is 5.32 Å². The minimum Gasteiger partial charge on any atom is -0.507 e. The van der Waals surface area contributed by atoms with E-state index in [0.29, 0.717) is 18.8 Å². The second-order valence-electron chi connectivity index (χ2n) is 13.7. The topological polar surface area (TPSA) is 84.9 Å². The molecular formula is C33H40F3N2O5+. The van der Waals surface area contributed by atoms with Gasteiger partial charge in [0.2, 0.25) is 5.72 Å². The van der Waals surface area contributed by atoms with E-state index in [0.717, 1.165) is 48.5 Å². The summed E-state index contributed by atoms with van der Waals surface area (Å²) in [7, 11) is 2.28. The van der Waals surface area contributed by atoms with Crippen LogP contribution >= 0.6 is 0 Å². The standard InChI is InChI=1S/C33H39F3N2O5/c1-19(2)18-38(4)14-13-31-23-11-8-12-28(31)43-32(27(40)17-26(42-20(3)39)22(29(31)32)16-25(23)38)37-30(41)24(33(34,35)36)15-21-9-6-5-7-10-21/h5-7,9-10,15,17,19,23,25,28-29H,8,11-14,16,18H2,1-4H3,(H-,37,40,41)/p+1/t23-,25+,28-,29?,31+,32?,38?/m0/s1. The van der Waals surface area contributed by atoms with E-state index in [2.05, 4.69) is 26.2 Å². The number of nitrogens with zero attached hydrogens (tertiary/aromatic N) is 1. The lowest BCUT2D eigenvalue weighted by Crippen LogP contribution is -2.72. The molecule has 2 saturated carbocycles. The van der Waals surface area contributed by atoms with Crippen LogP contribution in [0.3, 0.4) is 0 Å². The Bertz CT molecular complexity index is 1420. The molecule has 1 aromatic carbocycles. The van der Waals surface area contributed by atoms with Gasteiger partial charge < -0.3 is 24.4 Å². The first-order chi connectivity index (χ1) is 20.2. The van der Waals surface area contributed by atoms with Crippen molar-refractivity contribution < 1.29 is 41.8 Å². The largest absolute Gasteiger partial charge is 0.507 e. The normalized spacial score (nSPS) is 36.7. The number of carbonyl (C=O) groups excluding carboxylic acids is 2. The van der Waals surface area contributed by atoms with E-state index in [1.54, 1.807) is 18.2 Å². The second-order valence-corrected chi connectivity index (χ2v) is 13.7. The fourth-order valence-electron chi connectivity index (χ4n) is 9.38. The summed E-state index contributed by atoms with van der Waals surface area (Å²) in [6.07, 6.45) is 0.462. The van der Waals surface area contributed by atoms with Gasteiger partial charge in [0.15, 0.2) is 0 Å². The molecule has 2 N–H and O–H groups in total. The molecule has 3 unspecified atom stereocenters. The van der Waals surface area contributed by atoms with E-state index < -0.39 is 46.4 Å². The Balaban J connectivity index is 1.49. The molecule has 1 aromatic rings. The van der Waals surface area contributed by atoms with Gasteiger partial charge >= 0.3 is 12.1 Å². The molecule has 0 radical (unpaired) electrons. The van der Waals surface area contributed by atoms with Gasteiger partial charge in [-0.15, -0.1) is 0 Å². The number of hydrogen-bond acceptors (Lipinski definition) is 5. The number of nitrogens with one attached hydrogen (secondary N) is 1. The fraction of sp³-hybridized carbons (Fsp3) is 0.576. The lowest BCUT2D eigenvalue weighted by atomic mass is 9.46. The number of ether oxygens (including phenoxy) is 2. The molecular weight excluding hydrogens is 561 g/mol. The first-order valence-electron chi connectivity index (χ1n) is 15.2. The third-order valence-corrected chi connectivity index (χ3v) is 10.6. The minimum atomic E-state index is -4.96. The number of benzene rings is 1. The number of carbonyl (C=O) groups is 2. The zero-order chi connectivity index (χ0) is 30.9. The number of halogens is 3. The van der Waals surface area contributed by atoms with Gasteiger partial charge in [-0.2, -0.15) is 13.2 Å². The van der Waals surface area contributed by atoms with Crippen LogP contribution in [0.2, 0.25) is 0 Å². The number of rotatable bonds is 6. The van der Waals surface area contributed by atoms with Crippen LogP contribution < -0.4 is 5.32 Å². The molecule has 43 heavy (non-hydrogen) atoms. The number of amides is 1. The van der Waals surface area contributed by atoms with Crippen molar-refractivity contribution in [2.45, 2.75) is 76.9 Å². The molecule has 2 saturated heterocycles. The SMILES string of the molecule is CC(=O)OC1=C2C[C@@H]3[C@@H]4CCC[C@@H]5OC(NC(=O)C(=Cc6ccccc6)C(F)(F)F)(C(O)=C1)C2[C@@]54CC[N+]3(C)CC(C)C. The maximum atomic E-state index is 14.4. The van der Waals surface area contributed by atoms with E-state index in [9.17, 15) is 27.9 Å². The van der Waals surface area contributed by atoms with Gasteiger partial charge in [-0.25, -0.2) is 0 Å². The zero-order valence-corrected chi connectivity index (χ0v) is 25.0. The number of likely N-dealkylation sites (tertiary alicyclic amines) is 1. The molecule has 5 aliphatic rings. The van der Waals surface area contributed by atoms with Crippen molar-refractivity contribution in [2.75, 3.05) is 20.1 Å². The molecule has 1 spiro atoms. The zero-order valence-electron chi connectivity index (χ0n) is 25.0. The highest BCUT2D eigenvalue weighted by Gasteiger charge is 2.77. The average Bonchev–Trinajstić information content (AvgIpc) is 3.20. The number of esters is 1. The summed E-state index contributed by atoms with van der Waals surface area (Å²) in [5.41, 5.74) is -2.88. The summed E-state index contributed by atoms with van der Waals surface area (Å²) in [5.74, 6) is -2.22. The fourth-order valence-corrected chi connectivity index (χ4v) is 9.38. The van der Waals surface area contributed by atoms with E-state index in [-0.39, 0.29) is 29.4 Å². The van der Waals surface area contributed by atoms with E-state index >= 15 is 0 Å². The lowest BCUT2D eigenvalue weighted by Gasteiger charge is -2.64. The maximum Gasteiger partial charge on any atom is 0.421 e. The molecule has 6 rings (SSSR count). The summed E-state index contributed by atoms with van der Waals surface area (Å²) in [6.45, 7) is 7.50. The molecule has 0 aromatic heterocycles. The Kier molecular flexibility index (Phi) is 7.12. The summed E-state index contributed by atoms with van der Waals surface area (Å²) < 4.78 is 56.3. The maximum absolute atomic E-state index is 14.4. The van der Waals surface area contributed by atoms with Crippen molar-refractivity contribution in [3.8, 4) is 0 Å². The van der Waals surface area contributed by atoms with Crippen LogP contribution in [-0.4, -0.2) is 65.7 Å². The third-order valence-electron chi connectivity index (χ3n) is 10.6. The van der Waals surface area contributed by atoms with Gasteiger partial charge in [-0.3, -0.25) is 9.59 Å². The van der Waals surface area contributed by atoms with Crippen molar-refractivity contribution >= 4 is 18.0 Å². The predicted octanol–water partition coefficient (Wildman–Crippen LogP) is 5.80. The van der Waals surface area contributed by atoms with Crippen LogP contribution in [0.4, 0.5) is 13.2 Å². The minimum absolute atomic E-state index is 0.169. The Labute approximate surface area is 250 Å². The summed E-state index contributed by atoms with van der Waals surface area (Å²) in [6, 6.07) is 8.03. The number of hydrogen-bond donors (Lipinski definition) is 2. The van der Waals surface area contributed by atoms with Gasteiger partial charge in [0.25, 0.3) is 5.91 Å². The van der Waals surface area contributed by atoms with Crippen molar-refractivity contribution in [3.05, 3.63) is 64.6 Å². The van der Waals surface area contributed by atoms with Gasteiger partial charge in [0, 0.05) is 49.0 Å². The number of allylic oxidation sites excluding steroid dienone is 1. The molecule has 232 valence electrons. The highest BCUT2D eigenvalue weighted by Crippen LogP contribution is 2.71. The molecule has 7 nitrogen and oxygen atoms in total. The van der Waals surface area contributed by atoms with Crippen LogP contribution in [0.5, 0.6) is 0 Å². The Morgan fingerprint density at radius 3 is 2.60 bits per heavy atom. The molecule has 2 aliphatic heterocycles. The Morgan fingerprint density at radius 2 is 1.95 bits per heavy atom. The molecule has 7 atom stereocenters. The van der Waals surface area contributed by atoms with Crippen molar-refractivity contribution in [2.24, 2.45) is 23.2 Å². The van der Waals surface area contributed by atoms with Crippen LogP contribution in [0.15, 0.2) is 59.1 Å².